The third kappa shape index (κ3) is 5.93. The molecule has 2 heteroatoms. The molecule has 0 saturated heterocycles. The van der Waals surface area contributed by atoms with Gasteiger partial charge in [-0.25, -0.2) is 0 Å². The maximum atomic E-state index is 2.41. The molecule has 10 aromatic rings. The fourth-order valence-corrected chi connectivity index (χ4v) is 8.90. The van der Waals surface area contributed by atoms with Crippen LogP contribution in [0.2, 0.25) is 0 Å². The normalized spacial score (nSPS) is 11.3. The van der Waals surface area contributed by atoms with Crippen molar-refractivity contribution < 1.29 is 0 Å². The second kappa shape index (κ2) is 13.7. The van der Waals surface area contributed by atoms with E-state index in [0.717, 1.165) is 17.1 Å². The molecule has 0 atom stereocenters. The third-order valence-electron chi connectivity index (χ3n) is 10.5. The van der Waals surface area contributed by atoms with Crippen LogP contribution >= 0.6 is 11.3 Å². The Balaban J connectivity index is 1.13. The molecule has 0 unspecified atom stereocenters. The van der Waals surface area contributed by atoms with Gasteiger partial charge in [-0.2, -0.15) is 0 Å². The number of thiophene rings is 1. The van der Waals surface area contributed by atoms with E-state index in [-0.39, 0.29) is 0 Å². The van der Waals surface area contributed by atoms with E-state index in [4.69, 9.17) is 0 Å². The molecule has 0 aliphatic carbocycles. The van der Waals surface area contributed by atoms with Crippen molar-refractivity contribution in [1.29, 1.82) is 0 Å². The Labute approximate surface area is 319 Å². The van der Waals surface area contributed by atoms with Gasteiger partial charge < -0.3 is 4.90 Å². The molecule has 0 fully saturated rings. The number of rotatable bonds is 7. The van der Waals surface area contributed by atoms with Crippen LogP contribution in [0.1, 0.15) is 0 Å². The van der Waals surface area contributed by atoms with Crippen molar-refractivity contribution in [3.8, 4) is 44.5 Å². The molecule has 1 nitrogen and oxygen atoms in total. The number of anilines is 3. The highest BCUT2D eigenvalue weighted by atomic mass is 32.1. The quantitative estimate of drug-likeness (QED) is 0.160. The van der Waals surface area contributed by atoms with Crippen LogP contribution in [-0.4, -0.2) is 0 Å². The summed E-state index contributed by atoms with van der Waals surface area (Å²) in [7, 11) is 0. The van der Waals surface area contributed by atoms with Crippen molar-refractivity contribution in [3.05, 3.63) is 212 Å². The number of benzene rings is 9. The lowest BCUT2D eigenvalue weighted by Crippen LogP contribution is -2.10. The summed E-state index contributed by atoms with van der Waals surface area (Å²) in [5.41, 5.74) is 13.1. The van der Waals surface area contributed by atoms with Crippen LogP contribution in [0.4, 0.5) is 17.1 Å². The van der Waals surface area contributed by atoms with Gasteiger partial charge >= 0.3 is 0 Å². The number of hydrogen-bond acceptors (Lipinski definition) is 2. The van der Waals surface area contributed by atoms with E-state index in [1.807, 2.05) is 11.3 Å². The zero-order valence-electron chi connectivity index (χ0n) is 29.6. The van der Waals surface area contributed by atoms with E-state index in [9.17, 15) is 0 Å². The van der Waals surface area contributed by atoms with Gasteiger partial charge in [0.05, 0.1) is 0 Å². The molecule has 0 amide bonds. The number of nitrogens with zero attached hydrogens (tertiary/aromatic N) is 1. The van der Waals surface area contributed by atoms with E-state index in [2.05, 4.69) is 217 Å². The summed E-state index contributed by atoms with van der Waals surface area (Å²) in [5.74, 6) is 0. The molecule has 54 heavy (non-hydrogen) atoms. The molecule has 0 aliphatic rings. The summed E-state index contributed by atoms with van der Waals surface area (Å²) in [5, 5.41) is 5.06. The van der Waals surface area contributed by atoms with Crippen molar-refractivity contribution in [2.45, 2.75) is 0 Å². The first-order chi connectivity index (χ1) is 26.7. The average molecular weight is 706 g/mol. The van der Waals surface area contributed by atoms with Gasteiger partial charge in [-0.15, -0.1) is 11.3 Å². The predicted molar refractivity (Wildman–Crippen MR) is 233 cm³/mol. The molecule has 10 rings (SSSR count). The third-order valence-corrected chi connectivity index (χ3v) is 11.7. The molecule has 0 radical (unpaired) electrons. The van der Waals surface area contributed by atoms with E-state index in [0.29, 0.717) is 0 Å². The van der Waals surface area contributed by atoms with Gasteiger partial charge in [-0.3, -0.25) is 0 Å². The molecule has 0 N–H and O–H groups in total. The monoisotopic (exact) mass is 705 g/mol. The number of hydrogen-bond donors (Lipinski definition) is 0. The Hall–Kier alpha value is -6.74. The Kier molecular flexibility index (Phi) is 8.09. The topological polar surface area (TPSA) is 3.24 Å². The molecule has 9 aromatic carbocycles. The SMILES string of the molecule is c1ccc(-c2ccc(-c3ccc(N(c4ccc(-c5ccccc5)cc4)c4cc(-c5ccc6ccccc6c5)c5sc6ccccc6c5c4)cc3)cc2)cc1. The van der Waals surface area contributed by atoms with Gasteiger partial charge in [0.15, 0.2) is 0 Å². The molecule has 0 spiro atoms. The highest BCUT2D eigenvalue weighted by molar-refractivity contribution is 7.26. The molecule has 0 saturated carbocycles. The summed E-state index contributed by atoms with van der Waals surface area (Å²) in [6, 6.07) is 77.2. The summed E-state index contributed by atoms with van der Waals surface area (Å²) in [6.07, 6.45) is 0. The Morgan fingerprint density at radius 2 is 0.759 bits per heavy atom. The first-order valence-corrected chi connectivity index (χ1v) is 19.2. The molecule has 254 valence electrons. The smallest absolute Gasteiger partial charge is 0.0475 e. The highest BCUT2D eigenvalue weighted by Gasteiger charge is 2.19. The van der Waals surface area contributed by atoms with Crippen molar-refractivity contribution in [3.63, 3.8) is 0 Å². The van der Waals surface area contributed by atoms with E-state index >= 15 is 0 Å². The zero-order valence-corrected chi connectivity index (χ0v) is 30.4. The highest BCUT2D eigenvalue weighted by Crippen LogP contribution is 2.46. The molecule has 0 aliphatic heterocycles. The lowest BCUT2D eigenvalue weighted by atomic mass is 9.97. The summed E-state index contributed by atoms with van der Waals surface area (Å²) < 4.78 is 2.61. The van der Waals surface area contributed by atoms with Crippen molar-refractivity contribution in [2.75, 3.05) is 4.90 Å². The molecular weight excluding hydrogens is 671 g/mol. The van der Waals surface area contributed by atoms with Crippen molar-refractivity contribution in [1.82, 2.24) is 0 Å². The van der Waals surface area contributed by atoms with Crippen LogP contribution in [0.15, 0.2) is 212 Å². The molecular formula is C52H35NS. The maximum absolute atomic E-state index is 2.41. The van der Waals surface area contributed by atoms with Crippen molar-refractivity contribution >= 4 is 59.3 Å². The lowest BCUT2D eigenvalue weighted by molar-refractivity contribution is 1.29. The predicted octanol–water partition coefficient (Wildman–Crippen LogP) is 15.3. The van der Waals surface area contributed by atoms with E-state index < -0.39 is 0 Å². The lowest BCUT2D eigenvalue weighted by Gasteiger charge is -2.27. The van der Waals surface area contributed by atoms with E-state index in [1.54, 1.807) is 0 Å². The largest absolute Gasteiger partial charge is 0.310 e. The fourth-order valence-electron chi connectivity index (χ4n) is 7.68. The van der Waals surface area contributed by atoms with Gasteiger partial charge in [0.25, 0.3) is 0 Å². The van der Waals surface area contributed by atoms with E-state index in [1.165, 1.54) is 75.5 Å². The zero-order chi connectivity index (χ0) is 35.8. The average Bonchev–Trinajstić information content (AvgIpc) is 3.63. The summed E-state index contributed by atoms with van der Waals surface area (Å²) >= 11 is 1.88. The van der Waals surface area contributed by atoms with Gasteiger partial charge in [-0.05, 0) is 98.2 Å². The van der Waals surface area contributed by atoms with Gasteiger partial charge in [0, 0.05) is 42.8 Å². The van der Waals surface area contributed by atoms with Crippen LogP contribution in [0.5, 0.6) is 0 Å². The number of fused-ring (bicyclic) bond motifs is 4. The Bertz CT molecular complexity index is 2890. The maximum Gasteiger partial charge on any atom is 0.0475 e. The van der Waals surface area contributed by atoms with Gasteiger partial charge in [-0.1, -0.05) is 164 Å². The second-order valence-electron chi connectivity index (χ2n) is 13.8. The van der Waals surface area contributed by atoms with Gasteiger partial charge in [0.1, 0.15) is 0 Å². The molecule has 1 heterocycles. The minimum absolute atomic E-state index is 1.11. The Morgan fingerprint density at radius 1 is 0.296 bits per heavy atom. The first-order valence-electron chi connectivity index (χ1n) is 18.4. The Morgan fingerprint density at radius 3 is 1.35 bits per heavy atom. The minimum Gasteiger partial charge on any atom is -0.310 e. The molecule has 1 aromatic heterocycles. The van der Waals surface area contributed by atoms with Crippen LogP contribution in [0.25, 0.3) is 75.5 Å². The van der Waals surface area contributed by atoms with Gasteiger partial charge in [0.2, 0.25) is 0 Å². The van der Waals surface area contributed by atoms with Crippen LogP contribution in [0, 0.1) is 0 Å². The fraction of sp³-hybridized carbons (Fsp3) is 0. The van der Waals surface area contributed by atoms with Crippen LogP contribution < -0.4 is 4.90 Å². The van der Waals surface area contributed by atoms with Crippen LogP contribution in [0.3, 0.4) is 0 Å². The summed E-state index contributed by atoms with van der Waals surface area (Å²) in [6.45, 7) is 0. The molecule has 0 bridgehead atoms. The second-order valence-corrected chi connectivity index (χ2v) is 14.8. The minimum atomic E-state index is 1.11. The van der Waals surface area contributed by atoms with Crippen LogP contribution in [-0.2, 0) is 0 Å². The summed E-state index contributed by atoms with van der Waals surface area (Å²) in [4.78, 5) is 2.41. The standard InChI is InChI=1S/C52H35NS/c1-3-11-36(12-4-1)39-19-21-40(22-20-39)42-27-31-46(32-28-42)53(45-29-25-41(26-30-45)37-13-5-2-6-14-37)47-34-49(44-24-23-38-15-7-8-16-43(38)33-44)52-50(35-47)48-17-9-10-18-51(48)54-52/h1-35H. The first kappa shape index (κ1) is 32.0. The van der Waals surface area contributed by atoms with Crippen molar-refractivity contribution in [2.24, 2.45) is 0 Å².